The van der Waals surface area contributed by atoms with Gasteiger partial charge in [0, 0.05) is 18.3 Å². The van der Waals surface area contributed by atoms with E-state index in [4.69, 9.17) is 0 Å². The molecule has 3 heteroatoms. The first kappa shape index (κ1) is 13.2. The summed E-state index contributed by atoms with van der Waals surface area (Å²) in [5.74, 6) is 3.50. The minimum Gasteiger partial charge on any atom is -0.384 e. The Kier molecular flexibility index (Phi) is 3.16. The van der Waals surface area contributed by atoms with Crippen LogP contribution in [0.2, 0.25) is 0 Å². The molecule has 21 heavy (non-hydrogen) atoms. The summed E-state index contributed by atoms with van der Waals surface area (Å²) in [6.45, 7) is 3.04. The lowest BCUT2D eigenvalue weighted by Crippen LogP contribution is -2.30. The first-order chi connectivity index (χ1) is 10.3. The zero-order chi connectivity index (χ0) is 14.4. The van der Waals surface area contributed by atoms with E-state index in [2.05, 4.69) is 17.6 Å². The van der Waals surface area contributed by atoms with Crippen LogP contribution in [0.4, 0.5) is 5.69 Å². The van der Waals surface area contributed by atoms with Gasteiger partial charge < -0.3 is 10.6 Å². The van der Waals surface area contributed by atoms with Gasteiger partial charge in [0.25, 0.3) is 5.91 Å². The predicted molar refractivity (Wildman–Crippen MR) is 84.3 cm³/mol. The number of nitrogens with one attached hydrogen (secondary N) is 2. The van der Waals surface area contributed by atoms with E-state index in [1.165, 1.54) is 19.3 Å². The highest BCUT2D eigenvalue weighted by atomic mass is 16.1. The largest absolute Gasteiger partial charge is 0.384 e. The van der Waals surface area contributed by atoms with E-state index in [0.717, 1.165) is 47.9 Å². The second kappa shape index (κ2) is 5.04. The van der Waals surface area contributed by atoms with Crippen LogP contribution in [0.25, 0.3) is 0 Å². The molecule has 3 aliphatic carbocycles. The third-order valence-electron chi connectivity index (χ3n) is 5.77. The zero-order valence-electron chi connectivity index (χ0n) is 12.6. The van der Waals surface area contributed by atoms with Gasteiger partial charge in [-0.15, -0.1) is 0 Å². The molecule has 1 aromatic carbocycles. The van der Waals surface area contributed by atoms with Crippen molar-refractivity contribution in [3.63, 3.8) is 0 Å². The molecule has 0 radical (unpaired) electrons. The van der Waals surface area contributed by atoms with Crippen LogP contribution in [0.3, 0.4) is 0 Å². The summed E-state index contributed by atoms with van der Waals surface area (Å²) >= 11 is 0. The Morgan fingerprint density at radius 1 is 1.19 bits per heavy atom. The Balaban J connectivity index is 1.44. The van der Waals surface area contributed by atoms with Crippen LogP contribution in [0.1, 0.15) is 43.0 Å². The summed E-state index contributed by atoms with van der Waals surface area (Å²) in [4.78, 5) is 12.6. The van der Waals surface area contributed by atoms with Crippen molar-refractivity contribution in [2.24, 2.45) is 23.7 Å². The maximum absolute atomic E-state index is 12.6. The maximum Gasteiger partial charge on any atom is 0.253 e. The van der Waals surface area contributed by atoms with Gasteiger partial charge in [-0.25, -0.2) is 0 Å². The third kappa shape index (κ3) is 2.14. The monoisotopic (exact) mass is 284 g/mol. The quantitative estimate of drug-likeness (QED) is 0.871. The summed E-state index contributed by atoms with van der Waals surface area (Å²) in [5, 5.41) is 6.67. The van der Waals surface area contributed by atoms with Crippen LogP contribution in [0.5, 0.6) is 0 Å². The van der Waals surface area contributed by atoms with Crippen LogP contribution in [-0.2, 0) is 0 Å². The first-order valence-electron chi connectivity index (χ1n) is 8.43. The van der Waals surface area contributed by atoms with Gasteiger partial charge in [-0.3, -0.25) is 4.79 Å². The fourth-order valence-corrected chi connectivity index (χ4v) is 4.84. The van der Waals surface area contributed by atoms with Crippen LogP contribution in [-0.4, -0.2) is 18.5 Å². The normalized spacial score (nSPS) is 35.4. The molecule has 0 heterocycles. The van der Waals surface area contributed by atoms with Crippen molar-refractivity contribution in [1.29, 1.82) is 0 Å². The Morgan fingerprint density at radius 2 is 1.90 bits per heavy atom. The highest BCUT2D eigenvalue weighted by Crippen LogP contribution is 2.65. The lowest BCUT2D eigenvalue weighted by molar-refractivity contribution is 0.0945. The van der Waals surface area contributed by atoms with Gasteiger partial charge >= 0.3 is 0 Å². The number of hydrogen-bond acceptors (Lipinski definition) is 2. The van der Waals surface area contributed by atoms with Gasteiger partial charge in [0.1, 0.15) is 0 Å². The fraction of sp³-hybridized carbons (Fsp3) is 0.611. The molecule has 112 valence electrons. The Labute approximate surface area is 126 Å². The van der Waals surface area contributed by atoms with Gasteiger partial charge in [0.05, 0.1) is 5.56 Å². The van der Waals surface area contributed by atoms with E-state index in [1.807, 2.05) is 24.3 Å². The molecule has 4 rings (SSSR count). The fourth-order valence-electron chi connectivity index (χ4n) is 4.84. The Hall–Kier alpha value is -1.51. The number of para-hydroxylation sites is 1. The molecule has 3 saturated carbocycles. The molecular formula is C18H24N2O. The van der Waals surface area contributed by atoms with Gasteiger partial charge in [-0.2, -0.15) is 0 Å². The molecule has 0 spiro atoms. The number of anilines is 1. The average Bonchev–Trinajstić information content (AvgIpc) is 2.90. The number of benzene rings is 1. The molecule has 0 aromatic heterocycles. The van der Waals surface area contributed by atoms with Crippen molar-refractivity contribution in [2.75, 3.05) is 11.9 Å². The molecule has 2 N–H and O–H groups in total. The Morgan fingerprint density at radius 3 is 2.62 bits per heavy atom. The first-order valence-corrected chi connectivity index (χ1v) is 8.43. The molecule has 3 aliphatic rings. The minimum absolute atomic E-state index is 0.105. The van der Waals surface area contributed by atoms with E-state index >= 15 is 0 Å². The number of fused-ring (bicyclic) bond motifs is 5. The van der Waals surface area contributed by atoms with E-state index in [-0.39, 0.29) is 5.91 Å². The molecular weight excluding hydrogens is 260 g/mol. The van der Waals surface area contributed by atoms with E-state index in [0.29, 0.717) is 6.04 Å². The van der Waals surface area contributed by atoms with Crippen LogP contribution >= 0.6 is 0 Å². The van der Waals surface area contributed by atoms with Crippen molar-refractivity contribution in [1.82, 2.24) is 5.32 Å². The van der Waals surface area contributed by atoms with E-state index in [1.54, 1.807) is 0 Å². The minimum atomic E-state index is 0.105. The van der Waals surface area contributed by atoms with Crippen LogP contribution in [0.15, 0.2) is 24.3 Å². The van der Waals surface area contributed by atoms with Crippen molar-refractivity contribution in [3.8, 4) is 0 Å². The Bertz CT molecular complexity index is 540. The highest BCUT2D eigenvalue weighted by Gasteiger charge is 2.65. The van der Waals surface area contributed by atoms with Gasteiger partial charge in [-0.1, -0.05) is 19.1 Å². The smallest absolute Gasteiger partial charge is 0.253 e. The predicted octanol–water partition coefficient (Wildman–Crippen LogP) is 3.28. The molecule has 4 unspecified atom stereocenters. The molecule has 3 nitrogen and oxygen atoms in total. The van der Waals surface area contributed by atoms with Gasteiger partial charge in [0.15, 0.2) is 0 Å². The molecule has 1 aromatic rings. The zero-order valence-corrected chi connectivity index (χ0v) is 12.6. The SMILES string of the molecule is CCCNc1ccccc1C(=O)NC1C2C3CCC(C3)C12. The summed E-state index contributed by atoms with van der Waals surface area (Å²) in [6, 6.07) is 8.33. The van der Waals surface area contributed by atoms with E-state index < -0.39 is 0 Å². The van der Waals surface area contributed by atoms with E-state index in [9.17, 15) is 4.79 Å². The lowest BCUT2D eigenvalue weighted by atomic mass is 10.0. The average molecular weight is 284 g/mol. The molecule has 0 aliphatic heterocycles. The summed E-state index contributed by atoms with van der Waals surface area (Å²) in [7, 11) is 0. The van der Waals surface area contributed by atoms with Crippen molar-refractivity contribution >= 4 is 11.6 Å². The summed E-state index contributed by atoms with van der Waals surface area (Å²) < 4.78 is 0. The summed E-state index contributed by atoms with van der Waals surface area (Å²) in [5.41, 5.74) is 1.76. The lowest BCUT2D eigenvalue weighted by Gasteiger charge is -2.14. The summed E-state index contributed by atoms with van der Waals surface area (Å²) in [6.07, 6.45) is 5.28. The second-order valence-electron chi connectivity index (χ2n) is 6.96. The highest BCUT2D eigenvalue weighted by molar-refractivity contribution is 6.00. The molecule has 1 amide bonds. The van der Waals surface area contributed by atoms with Crippen molar-refractivity contribution in [3.05, 3.63) is 29.8 Å². The van der Waals surface area contributed by atoms with Gasteiger partial charge in [0.2, 0.25) is 0 Å². The van der Waals surface area contributed by atoms with Gasteiger partial charge in [-0.05, 0) is 61.5 Å². The number of carbonyl (C=O) groups excluding carboxylic acids is 1. The van der Waals surface area contributed by atoms with Crippen molar-refractivity contribution < 1.29 is 4.79 Å². The molecule has 3 fully saturated rings. The third-order valence-corrected chi connectivity index (χ3v) is 5.77. The number of rotatable bonds is 5. The standard InChI is InChI=1S/C18H24N2O/c1-2-9-19-14-6-4-3-5-13(14)18(21)20-17-15-11-7-8-12(10-11)16(15)17/h3-6,11-12,15-17,19H,2,7-10H2,1H3,(H,20,21). The van der Waals surface area contributed by atoms with Crippen LogP contribution in [0, 0.1) is 23.7 Å². The van der Waals surface area contributed by atoms with Crippen LogP contribution < -0.4 is 10.6 Å². The number of amides is 1. The molecule has 4 atom stereocenters. The second-order valence-corrected chi connectivity index (χ2v) is 6.96. The number of hydrogen-bond donors (Lipinski definition) is 2. The molecule has 2 bridgehead atoms. The topological polar surface area (TPSA) is 41.1 Å². The molecule has 0 saturated heterocycles. The van der Waals surface area contributed by atoms with Crippen molar-refractivity contribution in [2.45, 2.75) is 38.6 Å². The maximum atomic E-state index is 12.6. The number of carbonyl (C=O) groups is 1.